The molecule has 0 radical (unpaired) electrons. The number of benzene rings is 2. The normalized spacial score (nSPS) is 11.2. The summed E-state index contributed by atoms with van der Waals surface area (Å²) in [6.45, 7) is 26.9. The molecule has 2 aromatic carbocycles. The fourth-order valence-electron chi connectivity index (χ4n) is 3.72. The Balaban J connectivity index is 0.000000473. The molecule has 0 nitrogen and oxygen atoms in total. The molecule has 2 aromatic rings. The lowest BCUT2D eigenvalue weighted by molar-refractivity contribution is 0.469. The Morgan fingerprint density at radius 1 is 0.406 bits per heavy atom. The fraction of sp³-hybridized carbons (Fsp3) is 0.625. The second kappa shape index (κ2) is 16.1. The van der Waals surface area contributed by atoms with Crippen molar-refractivity contribution in [2.75, 3.05) is 0 Å². The number of rotatable bonds is 7. The van der Waals surface area contributed by atoms with Gasteiger partial charge in [0.15, 0.2) is 0 Å². The summed E-state index contributed by atoms with van der Waals surface area (Å²) < 4.78 is 0. The predicted octanol–water partition coefficient (Wildman–Crippen LogP) is 10.6. The lowest BCUT2D eigenvalue weighted by Gasteiger charge is -2.08. The first-order chi connectivity index (χ1) is 14.8. The highest BCUT2D eigenvalue weighted by molar-refractivity contribution is 5.26. The topological polar surface area (TPSA) is 0 Å². The highest BCUT2D eigenvalue weighted by atomic mass is 14.1. The van der Waals surface area contributed by atoms with Gasteiger partial charge in [0.2, 0.25) is 0 Å². The maximum Gasteiger partial charge on any atom is -0.0219 e. The van der Waals surface area contributed by atoms with Gasteiger partial charge in [-0.2, -0.15) is 0 Å². The van der Waals surface area contributed by atoms with Gasteiger partial charge in [0.1, 0.15) is 0 Å². The molecular formula is C32H54. The standard InChI is InChI=1S/C13H20.C12H18.C7H16/c1-10(2)9-12-5-7-13(8-6-12)11(3)4;1-9(2)11-5-7-12(8-6-11)10(3)4;1-6(2)5-7(3)4/h5-8,10-11H,9H2,1-4H3;5-10H,1-4H3;6-7H,5H2,1-4H3. The Morgan fingerprint density at radius 3 is 0.875 bits per heavy atom. The van der Waals surface area contributed by atoms with Crippen molar-refractivity contribution in [2.45, 2.75) is 114 Å². The van der Waals surface area contributed by atoms with Gasteiger partial charge in [0.05, 0.1) is 0 Å². The third kappa shape index (κ3) is 14.5. The number of hydrogen-bond acceptors (Lipinski definition) is 0. The average molecular weight is 439 g/mol. The van der Waals surface area contributed by atoms with Crippen molar-refractivity contribution in [2.24, 2.45) is 17.8 Å². The largest absolute Gasteiger partial charge is 0.0628 e. The van der Waals surface area contributed by atoms with Crippen LogP contribution in [0.1, 0.15) is 130 Å². The Morgan fingerprint density at radius 2 is 0.688 bits per heavy atom. The van der Waals surface area contributed by atoms with Crippen LogP contribution in [-0.4, -0.2) is 0 Å². The second-order valence-corrected chi connectivity index (χ2v) is 11.5. The SMILES string of the molecule is CC(C)CC(C)C.CC(C)Cc1ccc(C(C)C)cc1.CC(C)c1ccc(C(C)C)cc1. The van der Waals surface area contributed by atoms with Crippen LogP contribution in [0.2, 0.25) is 0 Å². The van der Waals surface area contributed by atoms with Crippen LogP contribution in [0.15, 0.2) is 48.5 Å². The number of hydrogen-bond donors (Lipinski definition) is 0. The van der Waals surface area contributed by atoms with Crippen molar-refractivity contribution in [3.63, 3.8) is 0 Å². The fourth-order valence-corrected chi connectivity index (χ4v) is 3.72. The smallest absolute Gasteiger partial charge is 0.0219 e. The summed E-state index contributed by atoms with van der Waals surface area (Å²) in [5.41, 5.74) is 5.76. The molecular weight excluding hydrogens is 384 g/mol. The monoisotopic (exact) mass is 438 g/mol. The van der Waals surface area contributed by atoms with E-state index >= 15 is 0 Å². The van der Waals surface area contributed by atoms with Crippen LogP contribution in [0.25, 0.3) is 0 Å². The minimum absolute atomic E-state index is 0.645. The molecule has 0 heterocycles. The molecule has 0 saturated heterocycles. The van der Waals surface area contributed by atoms with Gasteiger partial charge in [-0.15, -0.1) is 0 Å². The minimum Gasteiger partial charge on any atom is -0.0628 e. The molecule has 182 valence electrons. The summed E-state index contributed by atoms with van der Waals surface area (Å²) in [7, 11) is 0. The Hall–Kier alpha value is -1.56. The van der Waals surface area contributed by atoms with Crippen LogP contribution >= 0.6 is 0 Å². The van der Waals surface area contributed by atoms with Gasteiger partial charge in [-0.1, -0.05) is 132 Å². The maximum atomic E-state index is 2.26. The molecule has 0 unspecified atom stereocenters. The van der Waals surface area contributed by atoms with Crippen LogP contribution in [0.5, 0.6) is 0 Å². The summed E-state index contributed by atoms with van der Waals surface area (Å²) in [4.78, 5) is 0. The van der Waals surface area contributed by atoms with E-state index in [4.69, 9.17) is 0 Å². The Kier molecular flexibility index (Phi) is 15.3. The molecule has 0 aliphatic rings. The molecule has 0 fully saturated rings. The van der Waals surface area contributed by atoms with Crippen molar-refractivity contribution in [3.05, 3.63) is 70.8 Å². The predicted molar refractivity (Wildman–Crippen MR) is 148 cm³/mol. The highest BCUT2D eigenvalue weighted by Gasteiger charge is 2.01. The van der Waals surface area contributed by atoms with Crippen LogP contribution in [-0.2, 0) is 6.42 Å². The third-order valence-electron chi connectivity index (χ3n) is 5.50. The third-order valence-corrected chi connectivity index (χ3v) is 5.50. The maximum absolute atomic E-state index is 2.26. The van der Waals surface area contributed by atoms with Gasteiger partial charge in [0, 0.05) is 0 Å². The lowest BCUT2D eigenvalue weighted by atomic mass is 9.97. The molecule has 0 bridgehead atoms. The van der Waals surface area contributed by atoms with Crippen molar-refractivity contribution in [1.82, 2.24) is 0 Å². The molecule has 0 saturated carbocycles. The average Bonchev–Trinajstić information content (AvgIpc) is 2.68. The first-order valence-electron chi connectivity index (χ1n) is 13.0. The Labute approximate surface area is 202 Å². The van der Waals surface area contributed by atoms with Gasteiger partial charge in [-0.05, 0) is 70.6 Å². The second-order valence-electron chi connectivity index (χ2n) is 11.5. The molecule has 0 heteroatoms. The molecule has 0 atom stereocenters. The molecule has 0 aliphatic carbocycles. The summed E-state index contributed by atoms with van der Waals surface area (Å²) in [6, 6.07) is 18.0. The zero-order valence-electron chi connectivity index (χ0n) is 23.5. The van der Waals surface area contributed by atoms with Gasteiger partial charge >= 0.3 is 0 Å². The van der Waals surface area contributed by atoms with Crippen LogP contribution < -0.4 is 0 Å². The van der Waals surface area contributed by atoms with Gasteiger partial charge in [-0.3, -0.25) is 0 Å². The van der Waals surface area contributed by atoms with E-state index < -0.39 is 0 Å². The summed E-state index contributed by atoms with van der Waals surface area (Å²) >= 11 is 0. The van der Waals surface area contributed by atoms with Crippen LogP contribution in [0, 0.1) is 17.8 Å². The highest BCUT2D eigenvalue weighted by Crippen LogP contribution is 2.19. The quantitative estimate of drug-likeness (QED) is 0.403. The zero-order valence-corrected chi connectivity index (χ0v) is 23.5. The van der Waals surface area contributed by atoms with Crippen molar-refractivity contribution in [1.29, 1.82) is 0 Å². The van der Waals surface area contributed by atoms with E-state index in [9.17, 15) is 0 Å². The minimum atomic E-state index is 0.645. The van der Waals surface area contributed by atoms with Gasteiger partial charge in [-0.25, -0.2) is 0 Å². The van der Waals surface area contributed by atoms with Crippen molar-refractivity contribution in [3.8, 4) is 0 Å². The zero-order chi connectivity index (χ0) is 24.8. The molecule has 0 N–H and O–H groups in total. The van der Waals surface area contributed by atoms with Crippen LogP contribution in [0.3, 0.4) is 0 Å². The first-order valence-corrected chi connectivity index (χ1v) is 13.0. The van der Waals surface area contributed by atoms with Crippen LogP contribution in [0.4, 0.5) is 0 Å². The van der Waals surface area contributed by atoms with E-state index in [0.717, 1.165) is 17.8 Å². The molecule has 32 heavy (non-hydrogen) atoms. The first kappa shape index (κ1) is 30.4. The van der Waals surface area contributed by atoms with Gasteiger partial charge < -0.3 is 0 Å². The van der Waals surface area contributed by atoms with E-state index in [1.54, 1.807) is 0 Å². The van der Waals surface area contributed by atoms with E-state index in [1.807, 2.05) is 0 Å². The summed E-state index contributed by atoms with van der Waals surface area (Å²) in [5.74, 6) is 4.44. The molecule has 0 spiro atoms. The van der Waals surface area contributed by atoms with E-state index in [2.05, 4.69) is 132 Å². The van der Waals surface area contributed by atoms with Crippen molar-refractivity contribution >= 4 is 0 Å². The molecule has 2 rings (SSSR count). The van der Waals surface area contributed by atoms with E-state index in [0.29, 0.717) is 17.8 Å². The van der Waals surface area contributed by atoms with Gasteiger partial charge in [0.25, 0.3) is 0 Å². The summed E-state index contributed by atoms with van der Waals surface area (Å²) in [5, 5.41) is 0. The lowest BCUT2D eigenvalue weighted by Crippen LogP contribution is -1.94. The molecule has 0 aliphatic heterocycles. The van der Waals surface area contributed by atoms with E-state index in [1.165, 1.54) is 35.1 Å². The van der Waals surface area contributed by atoms with E-state index in [-0.39, 0.29) is 0 Å². The molecule has 0 aromatic heterocycles. The Bertz CT molecular complexity index is 649. The summed E-state index contributed by atoms with van der Waals surface area (Å²) in [6.07, 6.45) is 2.55. The molecule has 0 amide bonds. The van der Waals surface area contributed by atoms with Crippen molar-refractivity contribution < 1.29 is 0 Å².